The third-order valence-corrected chi connectivity index (χ3v) is 15.3. The summed E-state index contributed by atoms with van der Waals surface area (Å²) >= 11 is 0. The number of rotatable bonds is 64. The molecule has 85 heavy (non-hydrogen) atoms. The molecule has 0 aliphatic carbocycles. The summed E-state index contributed by atoms with van der Waals surface area (Å²) in [6.07, 6.45) is 89.1. The van der Waals surface area contributed by atoms with Crippen LogP contribution in [0.1, 0.15) is 362 Å². The maximum absolute atomic E-state index is 12.3. The molecule has 0 aromatic carbocycles. The molecule has 0 radical (unpaired) electrons. The zero-order valence-electron chi connectivity index (χ0n) is 56.0. The predicted octanol–water partition coefficient (Wildman–Crippen LogP) is 24.2. The Labute approximate surface area is 526 Å². The van der Waals surface area contributed by atoms with Crippen LogP contribution in [0.2, 0.25) is 0 Å². The third-order valence-electron chi connectivity index (χ3n) is 14.9. The topological polar surface area (TPSA) is 133 Å². The molecule has 0 aliphatic rings. The molecule has 0 bridgehead atoms. The van der Waals surface area contributed by atoms with E-state index in [-0.39, 0.29) is 25.6 Å². The van der Waals surface area contributed by atoms with Crippen molar-refractivity contribution in [3.63, 3.8) is 0 Å². The second-order valence-electron chi connectivity index (χ2n) is 23.4. The summed E-state index contributed by atoms with van der Waals surface area (Å²) in [6.45, 7) is 8.51. The number of carbonyl (C=O) groups excluding carboxylic acids is 4. The minimum Gasteiger partial charge on any atom is -0.462 e. The highest BCUT2D eigenvalue weighted by Crippen LogP contribution is 2.18. The Morgan fingerprint density at radius 1 is 0.329 bits per heavy atom. The Kier molecular flexibility index (Phi) is 81.6. The van der Waals surface area contributed by atoms with Crippen molar-refractivity contribution < 1.29 is 42.6 Å². The minimum atomic E-state index is -2.83. The molecule has 2 atom stereocenters. The van der Waals surface area contributed by atoms with E-state index >= 15 is 0 Å². The van der Waals surface area contributed by atoms with E-state index in [0.717, 1.165) is 109 Å². The number of aldehydes is 2. The zero-order valence-corrected chi connectivity index (χ0v) is 56.9. The van der Waals surface area contributed by atoms with Crippen LogP contribution in [0.15, 0.2) is 72.9 Å². The maximum atomic E-state index is 12.3. The lowest BCUT2D eigenvalue weighted by Crippen LogP contribution is -2.29. The summed E-state index contributed by atoms with van der Waals surface area (Å²) in [7, 11) is -2.83. The van der Waals surface area contributed by atoms with Crippen LogP contribution in [-0.2, 0) is 37.7 Å². The largest absolute Gasteiger partial charge is 0.694 e. The van der Waals surface area contributed by atoms with Gasteiger partial charge in [-0.15, -0.1) is 9.42 Å². The lowest BCUT2D eigenvalue weighted by Gasteiger charge is -2.15. The van der Waals surface area contributed by atoms with Crippen molar-refractivity contribution in [1.29, 1.82) is 0 Å². The second-order valence-corrected chi connectivity index (χ2v) is 24.1. The first-order valence-corrected chi connectivity index (χ1v) is 36.9. The summed E-state index contributed by atoms with van der Waals surface area (Å²) in [5, 5.41) is 0. The zero-order chi connectivity index (χ0) is 62.5. The summed E-state index contributed by atoms with van der Waals surface area (Å²) < 4.78 is 26.4. The van der Waals surface area contributed by atoms with Crippen LogP contribution in [0.4, 0.5) is 0 Å². The van der Waals surface area contributed by atoms with Gasteiger partial charge in [-0.1, -0.05) is 268 Å². The van der Waals surface area contributed by atoms with Gasteiger partial charge >= 0.3 is 20.2 Å². The van der Waals surface area contributed by atoms with Gasteiger partial charge in [-0.25, -0.2) is 0 Å². The van der Waals surface area contributed by atoms with Crippen molar-refractivity contribution in [2.45, 2.75) is 368 Å². The average Bonchev–Trinajstić information content (AvgIpc) is 3.50. The Morgan fingerprint density at radius 3 is 0.882 bits per heavy atom. The van der Waals surface area contributed by atoms with Crippen LogP contribution < -0.4 is 0 Å². The lowest BCUT2D eigenvalue weighted by molar-refractivity contribution is -0.161. The number of carbonyl (C=O) groups is 4. The van der Waals surface area contributed by atoms with Crippen LogP contribution in [0.5, 0.6) is 0 Å². The molecular weight excluding hydrogens is 1080 g/mol. The molecule has 0 aromatic rings. The van der Waals surface area contributed by atoms with Crippen molar-refractivity contribution in [1.82, 2.24) is 0 Å². The molecule has 494 valence electrons. The van der Waals surface area contributed by atoms with Gasteiger partial charge in [0.05, 0.1) is 0 Å². The predicted molar refractivity (Wildman–Crippen MR) is 366 cm³/mol. The molecule has 10 heteroatoms. The first kappa shape index (κ1) is 85.9. The van der Waals surface area contributed by atoms with Crippen LogP contribution in [-0.4, -0.2) is 48.7 Å². The van der Waals surface area contributed by atoms with Gasteiger partial charge in [0.2, 0.25) is 0 Å². The highest BCUT2D eigenvalue weighted by molar-refractivity contribution is 7.32. The normalized spacial score (nSPS) is 12.2. The third kappa shape index (κ3) is 85.0. The Balaban J connectivity index is -0.00000144. The highest BCUT2D eigenvalue weighted by Gasteiger charge is 2.23. The maximum Gasteiger partial charge on any atom is 0.694 e. The quantitative estimate of drug-likeness (QED) is 0.0208. The van der Waals surface area contributed by atoms with Gasteiger partial charge in [-0.05, 0) is 141 Å². The molecular formula is C75H136O9P+. The number of hydrogen-bond acceptors (Lipinski definition) is 8. The van der Waals surface area contributed by atoms with Gasteiger partial charge in [-0.3, -0.25) is 9.59 Å². The molecule has 0 saturated heterocycles. The van der Waals surface area contributed by atoms with E-state index in [4.69, 9.17) is 18.9 Å². The smallest absolute Gasteiger partial charge is 0.462 e. The summed E-state index contributed by atoms with van der Waals surface area (Å²) in [5.74, 6) is -0.761. The Bertz CT molecular complexity index is 1570. The molecule has 1 N–H and O–H groups in total. The molecule has 0 aromatic heterocycles. The first-order chi connectivity index (χ1) is 41.8. The fourth-order valence-corrected chi connectivity index (χ4v) is 9.82. The van der Waals surface area contributed by atoms with Crippen molar-refractivity contribution >= 4 is 32.8 Å². The van der Waals surface area contributed by atoms with E-state index in [0.29, 0.717) is 6.42 Å². The summed E-state index contributed by atoms with van der Waals surface area (Å²) in [6, 6.07) is 0. The fraction of sp³-hybridized carbons (Fsp3) is 0.787. The minimum absolute atomic E-state index is 0.178. The second kappa shape index (κ2) is 80.7. The van der Waals surface area contributed by atoms with Crippen LogP contribution in [0, 0.1) is 0 Å². The van der Waals surface area contributed by atoms with Crippen molar-refractivity contribution in [3.05, 3.63) is 72.9 Å². The van der Waals surface area contributed by atoms with E-state index in [1.807, 2.05) is 0 Å². The molecule has 0 spiro atoms. The standard InChI is InChI=1S/C39H69O7P.C18H34O.C18H32O/c1-3-5-7-9-11-13-15-17-19-21-23-25-27-29-31-33-38(40)44-35-37(36-45-47(42)43)46-39(41)34-32-30-28-26-24-22-20-18-16-14-12-10-8-6-4-2;2*1-2-3-4-5-6-7-8-9-10-11-12-13-14-15-16-17-18-19/h11-14,17,19,37H,3-10,15-16,18,20-36H2,1-2H3;9-10,18H,2-8,11-17H2,1H3;6-7,9-10,18H,2-5,8,11-17H2,1H3/p+1/b13-11+,14-12+,19-17+;10-9+;7-6+,10-9+/t37-;;/m1../s1. The Morgan fingerprint density at radius 2 is 0.576 bits per heavy atom. The van der Waals surface area contributed by atoms with Gasteiger partial charge in [0, 0.05) is 30.2 Å². The molecule has 0 saturated carbocycles. The van der Waals surface area contributed by atoms with Gasteiger partial charge < -0.3 is 19.1 Å². The van der Waals surface area contributed by atoms with E-state index < -0.39 is 20.3 Å². The number of esters is 2. The molecule has 9 nitrogen and oxygen atoms in total. The van der Waals surface area contributed by atoms with Gasteiger partial charge in [-0.2, -0.15) is 0 Å². The molecule has 0 heterocycles. The summed E-state index contributed by atoms with van der Waals surface area (Å²) in [4.78, 5) is 53.8. The van der Waals surface area contributed by atoms with E-state index in [1.54, 1.807) is 0 Å². The highest BCUT2D eigenvalue weighted by atomic mass is 31.1. The SMILES string of the molecule is CCCCC/C=C/C/C=C/CCCCCCCC(=O)OC[C@H](CO[P+](=O)O)OC(=O)CCCCCCCCCC/C=C/CCCCC.CCCCC/C=C/C/C=C/CCCCCCCC=O.CCCCCCCC/C=C/CCCCCCCC=O. The van der Waals surface area contributed by atoms with Crippen molar-refractivity contribution in [2.75, 3.05) is 13.2 Å². The van der Waals surface area contributed by atoms with Gasteiger partial charge in [0.25, 0.3) is 0 Å². The molecule has 0 aliphatic heterocycles. The molecule has 0 rings (SSSR count). The first-order valence-electron chi connectivity index (χ1n) is 35.7. The number of unbranched alkanes of at least 4 members (excludes halogenated alkanes) is 40. The number of ether oxygens (including phenoxy) is 2. The van der Waals surface area contributed by atoms with E-state index in [1.165, 1.54) is 225 Å². The lowest BCUT2D eigenvalue weighted by atomic mass is 10.1. The van der Waals surface area contributed by atoms with Gasteiger partial charge in [0.1, 0.15) is 25.8 Å². The molecule has 0 amide bonds. The number of allylic oxidation sites excluding steroid dienone is 12. The van der Waals surface area contributed by atoms with Crippen molar-refractivity contribution in [2.24, 2.45) is 0 Å². The Hall–Kier alpha value is -3.26. The fourth-order valence-electron chi connectivity index (χ4n) is 9.52. The van der Waals surface area contributed by atoms with E-state index in [2.05, 4.69) is 101 Å². The average molecular weight is 1210 g/mol. The number of hydrogen-bond donors (Lipinski definition) is 1. The van der Waals surface area contributed by atoms with Crippen LogP contribution in [0.3, 0.4) is 0 Å². The molecule has 0 fully saturated rings. The monoisotopic (exact) mass is 1210 g/mol. The van der Waals surface area contributed by atoms with E-state index in [9.17, 15) is 23.7 Å². The van der Waals surface area contributed by atoms with Crippen LogP contribution in [0.25, 0.3) is 0 Å². The van der Waals surface area contributed by atoms with Crippen LogP contribution >= 0.6 is 8.25 Å². The summed E-state index contributed by atoms with van der Waals surface area (Å²) in [5.41, 5.74) is 0. The molecule has 1 unspecified atom stereocenters. The van der Waals surface area contributed by atoms with Crippen molar-refractivity contribution in [3.8, 4) is 0 Å². The van der Waals surface area contributed by atoms with Gasteiger partial charge in [0.15, 0.2) is 6.10 Å².